The number of nitrogens with zero attached hydrogens (tertiary/aromatic N) is 2. The van der Waals surface area contributed by atoms with Crippen LogP contribution in [0.25, 0.3) is 16.0 Å². The lowest BCUT2D eigenvalue weighted by atomic mass is 9.95. The SMILES string of the molecule is COc1ccc([C@@H]2/C(=C(\O)c3ccccc3)C(=O)C(=O)N2c2nc3ccc(F)cc3s2)cc1. The lowest BCUT2D eigenvalue weighted by Crippen LogP contribution is -2.29. The molecule has 0 saturated carbocycles. The molecule has 5 rings (SSSR count). The molecule has 0 aliphatic carbocycles. The third-order valence-corrected chi connectivity index (χ3v) is 6.49. The summed E-state index contributed by atoms with van der Waals surface area (Å²) in [5.74, 6) is -1.72. The van der Waals surface area contributed by atoms with Gasteiger partial charge < -0.3 is 9.84 Å². The number of halogens is 1. The standard InChI is InChI=1S/C25H17FN2O4S/c1-32-17-10-7-14(8-11-17)21-20(22(29)15-5-3-2-4-6-15)23(30)24(31)28(21)25-27-18-12-9-16(26)13-19(18)33-25/h2-13,21,29H,1H3/b22-20+/t21-/m1/s1. The van der Waals surface area contributed by atoms with E-state index in [0.29, 0.717) is 27.1 Å². The topological polar surface area (TPSA) is 79.7 Å². The number of Topliss-reactive ketones (excluding diaryl/α,β-unsaturated/α-hetero) is 1. The van der Waals surface area contributed by atoms with Gasteiger partial charge in [-0.2, -0.15) is 0 Å². The van der Waals surface area contributed by atoms with Gasteiger partial charge in [0, 0.05) is 5.56 Å². The molecule has 0 radical (unpaired) electrons. The Morgan fingerprint density at radius 2 is 1.79 bits per heavy atom. The van der Waals surface area contributed by atoms with Gasteiger partial charge in [-0.25, -0.2) is 9.37 Å². The number of ketones is 1. The maximum atomic E-state index is 13.7. The first-order valence-corrected chi connectivity index (χ1v) is 10.9. The Labute approximate surface area is 192 Å². The summed E-state index contributed by atoms with van der Waals surface area (Å²) in [6.07, 6.45) is 0. The first-order chi connectivity index (χ1) is 16.0. The predicted molar refractivity (Wildman–Crippen MR) is 124 cm³/mol. The molecule has 8 heteroatoms. The van der Waals surface area contributed by atoms with Crippen molar-refractivity contribution in [2.45, 2.75) is 6.04 Å². The van der Waals surface area contributed by atoms with Gasteiger partial charge in [0.15, 0.2) is 5.13 Å². The van der Waals surface area contributed by atoms with Gasteiger partial charge in [-0.05, 0) is 35.9 Å². The van der Waals surface area contributed by atoms with Gasteiger partial charge in [0.2, 0.25) is 0 Å². The number of ether oxygens (including phenoxy) is 1. The van der Waals surface area contributed by atoms with Crippen LogP contribution in [0.15, 0.2) is 78.4 Å². The summed E-state index contributed by atoms with van der Waals surface area (Å²) < 4.78 is 19.5. The number of hydrogen-bond donors (Lipinski definition) is 1. The number of amides is 1. The monoisotopic (exact) mass is 460 g/mol. The lowest BCUT2D eigenvalue weighted by Gasteiger charge is -2.23. The van der Waals surface area contributed by atoms with Gasteiger partial charge in [-0.3, -0.25) is 14.5 Å². The summed E-state index contributed by atoms with van der Waals surface area (Å²) >= 11 is 1.10. The predicted octanol–water partition coefficient (Wildman–Crippen LogP) is 5.07. The number of aliphatic hydroxyl groups is 1. The first-order valence-electron chi connectivity index (χ1n) is 10.0. The van der Waals surface area contributed by atoms with E-state index in [1.807, 2.05) is 0 Å². The molecule has 1 aliphatic heterocycles. The van der Waals surface area contributed by atoms with Crippen LogP contribution in [0.3, 0.4) is 0 Å². The van der Waals surface area contributed by atoms with E-state index in [9.17, 15) is 19.1 Å². The number of fused-ring (bicyclic) bond motifs is 1. The molecule has 33 heavy (non-hydrogen) atoms. The second-order valence-corrected chi connectivity index (χ2v) is 8.43. The van der Waals surface area contributed by atoms with Crippen LogP contribution in [0.2, 0.25) is 0 Å². The number of rotatable bonds is 4. The molecule has 3 aromatic carbocycles. The molecule has 1 N–H and O–H groups in total. The highest BCUT2D eigenvalue weighted by Crippen LogP contribution is 2.44. The zero-order valence-electron chi connectivity index (χ0n) is 17.4. The number of carbonyl (C=O) groups is 2. The minimum Gasteiger partial charge on any atom is -0.507 e. The molecular formula is C25H17FN2O4S. The third-order valence-electron chi connectivity index (χ3n) is 5.47. The van der Waals surface area contributed by atoms with Crippen LogP contribution >= 0.6 is 11.3 Å². The fraction of sp³-hybridized carbons (Fsp3) is 0.0800. The summed E-state index contributed by atoms with van der Waals surface area (Å²) in [4.78, 5) is 32.1. The molecular weight excluding hydrogens is 443 g/mol. The van der Waals surface area contributed by atoms with E-state index >= 15 is 0 Å². The lowest BCUT2D eigenvalue weighted by molar-refractivity contribution is -0.132. The minimum atomic E-state index is -0.915. The zero-order valence-corrected chi connectivity index (χ0v) is 18.2. The number of methoxy groups -OCH3 is 1. The Balaban J connectivity index is 1.72. The van der Waals surface area contributed by atoms with Crippen LogP contribution in [-0.4, -0.2) is 28.9 Å². The maximum absolute atomic E-state index is 13.7. The molecule has 0 spiro atoms. The van der Waals surface area contributed by atoms with Crippen molar-refractivity contribution < 1.29 is 23.8 Å². The molecule has 4 aromatic rings. The molecule has 2 heterocycles. The number of hydrogen-bond acceptors (Lipinski definition) is 6. The Kier molecular flexibility index (Phi) is 5.14. The molecule has 1 saturated heterocycles. The second-order valence-electron chi connectivity index (χ2n) is 7.42. The van der Waals surface area contributed by atoms with Gasteiger partial charge in [-0.1, -0.05) is 53.8 Å². The number of thiazole rings is 1. The van der Waals surface area contributed by atoms with E-state index in [2.05, 4.69) is 4.98 Å². The second kappa shape index (κ2) is 8.14. The highest BCUT2D eigenvalue weighted by molar-refractivity contribution is 7.22. The van der Waals surface area contributed by atoms with Crippen molar-refractivity contribution in [1.82, 2.24) is 4.98 Å². The smallest absolute Gasteiger partial charge is 0.301 e. The minimum absolute atomic E-state index is 0.0400. The van der Waals surface area contributed by atoms with Gasteiger partial charge in [0.25, 0.3) is 5.78 Å². The normalized spacial score (nSPS) is 17.6. The summed E-state index contributed by atoms with van der Waals surface area (Å²) in [7, 11) is 1.54. The fourth-order valence-corrected chi connectivity index (χ4v) is 4.89. The van der Waals surface area contributed by atoms with E-state index < -0.39 is 23.5 Å². The Morgan fingerprint density at radius 1 is 1.06 bits per heavy atom. The molecule has 6 nitrogen and oxygen atoms in total. The van der Waals surface area contributed by atoms with Crippen LogP contribution in [0.5, 0.6) is 5.75 Å². The number of carbonyl (C=O) groups excluding carboxylic acids is 2. The first kappa shape index (κ1) is 20.8. The van der Waals surface area contributed by atoms with Crippen LogP contribution in [0.1, 0.15) is 17.2 Å². The van der Waals surface area contributed by atoms with Crippen molar-refractivity contribution in [2.24, 2.45) is 0 Å². The van der Waals surface area contributed by atoms with Crippen molar-refractivity contribution in [2.75, 3.05) is 12.0 Å². The summed E-state index contributed by atoms with van der Waals surface area (Å²) in [5, 5.41) is 11.3. The number of aliphatic hydroxyl groups excluding tert-OH is 1. The Morgan fingerprint density at radius 3 is 2.48 bits per heavy atom. The van der Waals surface area contributed by atoms with Crippen molar-refractivity contribution in [3.8, 4) is 5.75 Å². The van der Waals surface area contributed by atoms with E-state index in [4.69, 9.17) is 4.74 Å². The van der Waals surface area contributed by atoms with Crippen LogP contribution in [0.4, 0.5) is 9.52 Å². The molecule has 1 fully saturated rings. The molecule has 164 valence electrons. The Hall–Kier alpha value is -4.04. The number of benzene rings is 3. The van der Waals surface area contributed by atoms with Crippen molar-refractivity contribution in [3.05, 3.63) is 95.3 Å². The third kappa shape index (κ3) is 3.54. The van der Waals surface area contributed by atoms with Crippen LogP contribution < -0.4 is 9.64 Å². The van der Waals surface area contributed by atoms with Gasteiger partial charge in [0.05, 0.1) is 28.9 Å². The molecule has 1 atom stereocenters. The van der Waals surface area contributed by atoms with Gasteiger partial charge in [0.1, 0.15) is 17.3 Å². The van der Waals surface area contributed by atoms with Crippen molar-refractivity contribution in [3.63, 3.8) is 0 Å². The average Bonchev–Trinajstić information content (AvgIpc) is 3.37. The maximum Gasteiger partial charge on any atom is 0.301 e. The largest absolute Gasteiger partial charge is 0.507 e. The van der Waals surface area contributed by atoms with Gasteiger partial charge in [-0.15, -0.1) is 0 Å². The number of anilines is 1. The fourth-order valence-electron chi connectivity index (χ4n) is 3.87. The zero-order chi connectivity index (χ0) is 23.1. The molecule has 0 bridgehead atoms. The quantitative estimate of drug-likeness (QED) is 0.261. The van der Waals surface area contributed by atoms with Crippen LogP contribution in [-0.2, 0) is 9.59 Å². The van der Waals surface area contributed by atoms with Crippen LogP contribution in [0, 0.1) is 5.82 Å². The van der Waals surface area contributed by atoms with Gasteiger partial charge >= 0.3 is 5.91 Å². The Bertz CT molecular complexity index is 1410. The highest BCUT2D eigenvalue weighted by atomic mass is 32.1. The summed E-state index contributed by atoms with van der Waals surface area (Å²) in [5.41, 5.74) is 1.48. The van der Waals surface area contributed by atoms with E-state index in [1.165, 1.54) is 30.2 Å². The summed E-state index contributed by atoms with van der Waals surface area (Å²) in [6, 6.07) is 18.7. The van der Waals surface area contributed by atoms with E-state index in [-0.39, 0.29) is 16.5 Å². The molecule has 1 aliphatic rings. The molecule has 1 aromatic heterocycles. The van der Waals surface area contributed by atoms with E-state index in [1.54, 1.807) is 54.6 Å². The van der Waals surface area contributed by atoms with Crippen molar-refractivity contribution >= 4 is 44.1 Å². The molecule has 1 amide bonds. The highest BCUT2D eigenvalue weighted by Gasteiger charge is 2.48. The van der Waals surface area contributed by atoms with E-state index in [0.717, 1.165) is 11.3 Å². The number of aromatic nitrogens is 1. The molecule has 0 unspecified atom stereocenters. The summed E-state index contributed by atoms with van der Waals surface area (Å²) in [6.45, 7) is 0. The average molecular weight is 460 g/mol. The van der Waals surface area contributed by atoms with Crippen molar-refractivity contribution in [1.29, 1.82) is 0 Å².